The zero-order chi connectivity index (χ0) is 14.8. The molecule has 20 heavy (non-hydrogen) atoms. The number of methoxy groups -OCH3 is 1. The Balaban J connectivity index is 2.30. The summed E-state index contributed by atoms with van der Waals surface area (Å²) in [5, 5.41) is 0. The summed E-state index contributed by atoms with van der Waals surface area (Å²) in [7, 11) is -2.02. The second-order valence-corrected chi connectivity index (χ2v) is 6.55. The average Bonchev–Trinajstić information content (AvgIpc) is 2.45. The molecular formula is C13H17NO5S. The van der Waals surface area contributed by atoms with Crippen molar-refractivity contribution in [3.05, 3.63) is 24.3 Å². The summed E-state index contributed by atoms with van der Waals surface area (Å²) >= 11 is 0. The molecule has 0 amide bonds. The Labute approximate surface area is 118 Å². The third-order valence-corrected chi connectivity index (χ3v) is 4.28. The molecule has 110 valence electrons. The van der Waals surface area contributed by atoms with E-state index in [0.717, 1.165) is 0 Å². The normalized spacial score (nSPS) is 19.7. The third-order valence-electron chi connectivity index (χ3n) is 3.14. The Bertz CT molecular complexity index is 599. The van der Waals surface area contributed by atoms with Crippen molar-refractivity contribution < 1.29 is 22.7 Å². The maximum Gasteiger partial charge on any atom is 0.336 e. The highest BCUT2D eigenvalue weighted by Gasteiger charge is 2.29. The summed E-state index contributed by atoms with van der Waals surface area (Å²) < 4.78 is 33.6. The van der Waals surface area contributed by atoms with Crippen molar-refractivity contribution in [1.29, 1.82) is 0 Å². The van der Waals surface area contributed by atoms with Gasteiger partial charge in [0.25, 0.3) is 0 Å². The predicted molar refractivity (Wildman–Crippen MR) is 73.5 cm³/mol. The topological polar surface area (TPSA) is 72.9 Å². The highest BCUT2D eigenvalue weighted by atomic mass is 32.2. The van der Waals surface area contributed by atoms with Crippen LogP contribution in [0, 0.1) is 0 Å². The molecule has 0 spiro atoms. The predicted octanol–water partition coefficient (Wildman–Crippen LogP) is 0.468. The second kappa shape index (κ2) is 5.80. The Kier molecular flexibility index (Phi) is 4.29. The van der Waals surface area contributed by atoms with Crippen LogP contribution in [-0.2, 0) is 24.1 Å². The van der Waals surface area contributed by atoms with Gasteiger partial charge in [-0.25, -0.2) is 13.2 Å². The second-order valence-electron chi connectivity index (χ2n) is 4.57. The van der Waals surface area contributed by atoms with Crippen molar-refractivity contribution in [2.75, 3.05) is 38.0 Å². The summed E-state index contributed by atoms with van der Waals surface area (Å²) in [6.07, 6.45) is 0.478. The number of rotatable bonds is 3. The van der Waals surface area contributed by atoms with Crippen molar-refractivity contribution in [3.8, 4) is 0 Å². The number of nitrogens with zero attached hydrogens (tertiary/aromatic N) is 1. The van der Waals surface area contributed by atoms with Gasteiger partial charge < -0.3 is 14.4 Å². The minimum absolute atomic E-state index is 0.255. The van der Waals surface area contributed by atoms with Gasteiger partial charge in [0.1, 0.15) is 0 Å². The largest absolute Gasteiger partial charge is 0.467 e. The van der Waals surface area contributed by atoms with E-state index in [1.807, 2.05) is 4.90 Å². The molecule has 1 aromatic rings. The highest BCUT2D eigenvalue weighted by molar-refractivity contribution is 7.90. The number of esters is 1. The van der Waals surface area contributed by atoms with Crippen LogP contribution in [0.1, 0.15) is 0 Å². The first-order valence-electron chi connectivity index (χ1n) is 6.17. The number of ether oxygens (including phenoxy) is 2. The molecule has 0 aromatic heterocycles. The molecule has 0 bridgehead atoms. The standard InChI is InChI=1S/C13H17NO5S/c1-18-13(15)11-9-14(7-8-19-11)10-5-3-4-6-12(10)20(2,16)17/h3-6,11H,7-9H2,1-2H3. The maximum absolute atomic E-state index is 11.8. The molecule has 1 atom stereocenters. The van der Waals surface area contributed by atoms with Crippen molar-refractivity contribution in [2.24, 2.45) is 0 Å². The van der Waals surface area contributed by atoms with Crippen LogP contribution in [0.15, 0.2) is 29.2 Å². The van der Waals surface area contributed by atoms with Crippen LogP contribution in [0.5, 0.6) is 0 Å². The summed E-state index contributed by atoms with van der Waals surface area (Å²) in [5.41, 5.74) is 0.590. The smallest absolute Gasteiger partial charge is 0.336 e. The van der Waals surface area contributed by atoms with E-state index < -0.39 is 21.9 Å². The molecule has 1 fully saturated rings. The molecule has 1 aliphatic heterocycles. The van der Waals surface area contributed by atoms with E-state index >= 15 is 0 Å². The molecule has 0 radical (unpaired) electrons. The lowest BCUT2D eigenvalue weighted by Crippen LogP contribution is -2.47. The van der Waals surface area contributed by atoms with E-state index in [0.29, 0.717) is 18.8 Å². The number of para-hydroxylation sites is 1. The highest BCUT2D eigenvalue weighted by Crippen LogP contribution is 2.26. The molecule has 0 aliphatic carbocycles. The van der Waals surface area contributed by atoms with Crippen LogP contribution in [0.3, 0.4) is 0 Å². The molecule has 1 aliphatic rings. The lowest BCUT2D eigenvalue weighted by atomic mass is 10.2. The molecule has 0 saturated carbocycles. The summed E-state index contributed by atoms with van der Waals surface area (Å²) in [4.78, 5) is 13.6. The van der Waals surface area contributed by atoms with E-state index in [1.54, 1.807) is 24.3 Å². The number of sulfone groups is 1. The molecule has 7 heteroatoms. The number of anilines is 1. The van der Waals surface area contributed by atoms with Gasteiger partial charge in [-0.1, -0.05) is 12.1 Å². The maximum atomic E-state index is 11.8. The first-order valence-corrected chi connectivity index (χ1v) is 8.06. The van der Waals surface area contributed by atoms with Crippen LogP contribution in [0.25, 0.3) is 0 Å². The molecule has 2 rings (SSSR count). The first-order chi connectivity index (χ1) is 9.43. The fraction of sp³-hybridized carbons (Fsp3) is 0.462. The fourth-order valence-electron chi connectivity index (χ4n) is 2.17. The van der Waals surface area contributed by atoms with Gasteiger partial charge in [-0.05, 0) is 12.1 Å². The number of carbonyl (C=O) groups is 1. The molecule has 1 aromatic carbocycles. The van der Waals surface area contributed by atoms with Gasteiger partial charge in [-0.3, -0.25) is 0 Å². The Morgan fingerprint density at radius 2 is 2.10 bits per heavy atom. The van der Waals surface area contributed by atoms with Gasteiger partial charge in [0, 0.05) is 12.8 Å². The van der Waals surface area contributed by atoms with Gasteiger partial charge in [0.15, 0.2) is 15.9 Å². The molecular weight excluding hydrogens is 282 g/mol. The van der Waals surface area contributed by atoms with Crippen molar-refractivity contribution in [3.63, 3.8) is 0 Å². The number of carbonyl (C=O) groups excluding carboxylic acids is 1. The zero-order valence-corrected chi connectivity index (χ0v) is 12.2. The van der Waals surface area contributed by atoms with Gasteiger partial charge in [0.05, 0.1) is 30.8 Å². The summed E-state index contributed by atoms with van der Waals surface area (Å²) in [6.45, 7) is 1.15. The SMILES string of the molecule is COC(=O)C1CN(c2ccccc2S(C)(=O)=O)CCO1. The van der Waals surface area contributed by atoms with Crippen molar-refractivity contribution in [2.45, 2.75) is 11.0 Å². The van der Waals surface area contributed by atoms with E-state index in [9.17, 15) is 13.2 Å². The monoisotopic (exact) mass is 299 g/mol. The molecule has 1 saturated heterocycles. The van der Waals surface area contributed by atoms with E-state index in [-0.39, 0.29) is 11.4 Å². The third kappa shape index (κ3) is 3.10. The van der Waals surface area contributed by atoms with Gasteiger partial charge in [0.2, 0.25) is 0 Å². The number of hydrogen-bond acceptors (Lipinski definition) is 6. The van der Waals surface area contributed by atoms with Crippen LogP contribution in [-0.4, -0.2) is 53.6 Å². The van der Waals surface area contributed by atoms with Crippen LogP contribution >= 0.6 is 0 Å². The van der Waals surface area contributed by atoms with Gasteiger partial charge >= 0.3 is 5.97 Å². The first kappa shape index (κ1) is 14.8. The summed E-state index contributed by atoms with van der Waals surface area (Å²) in [6, 6.07) is 6.74. The number of benzene rings is 1. The quantitative estimate of drug-likeness (QED) is 0.755. The Morgan fingerprint density at radius 1 is 1.40 bits per heavy atom. The number of hydrogen-bond donors (Lipinski definition) is 0. The van der Waals surface area contributed by atoms with Crippen molar-refractivity contribution in [1.82, 2.24) is 0 Å². The lowest BCUT2D eigenvalue weighted by Gasteiger charge is -2.34. The van der Waals surface area contributed by atoms with E-state index in [2.05, 4.69) is 4.74 Å². The van der Waals surface area contributed by atoms with Crippen LogP contribution in [0.4, 0.5) is 5.69 Å². The summed E-state index contributed by atoms with van der Waals surface area (Å²) in [5.74, 6) is -0.452. The molecule has 1 heterocycles. The van der Waals surface area contributed by atoms with E-state index in [1.165, 1.54) is 13.4 Å². The average molecular weight is 299 g/mol. The molecule has 6 nitrogen and oxygen atoms in total. The lowest BCUT2D eigenvalue weighted by molar-refractivity contribution is -0.154. The molecule has 1 unspecified atom stereocenters. The van der Waals surface area contributed by atoms with Gasteiger partial charge in [-0.2, -0.15) is 0 Å². The Morgan fingerprint density at radius 3 is 2.75 bits per heavy atom. The van der Waals surface area contributed by atoms with Crippen molar-refractivity contribution >= 4 is 21.5 Å². The van der Waals surface area contributed by atoms with Crippen LogP contribution < -0.4 is 4.90 Å². The number of morpholine rings is 1. The minimum Gasteiger partial charge on any atom is -0.467 e. The van der Waals surface area contributed by atoms with Gasteiger partial charge in [-0.15, -0.1) is 0 Å². The zero-order valence-electron chi connectivity index (χ0n) is 11.4. The van der Waals surface area contributed by atoms with E-state index in [4.69, 9.17) is 4.74 Å². The Hall–Kier alpha value is -1.60. The minimum atomic E-state index is -3.32. The fourth-order valence-corrected chi connectivity index (χ4v) is 3.08. The molecule has 0 N–H and O–H groups in total. The van der Waals surface area contributed by atoms with Crippen LogP contribution in [0.2, 0.25) is 0 Å².